The summed E-state index contributed by atoms with van der Waals surface area (Å²) >= 11 is 0. The van der Waals surface area contributed by atoms with E-state index >= 15 is 0 Å². The fourth-order valence-electron chi connectivity index (χ4n) is 2.58. The van der Waals surface area contributed by atoms with Gasteiger partial charge in [-0.25, -0.2) is 0 Å². The quantitative estimate of drug-likeness (QED) is 0.822. The summed E-state index contributed by atoms with van der Waals surface area (Å²) in [4.78, 5) is 11.9. The maximum absolute atomic E-state index is 11.9. The summed E-state index contributed by atoms with van der Waals surface area (Å²) in [7, 11) is 2.83. The molecular weight excluding hydrogens is 276 g/mol. The van der Waals surface area contributed by atoms with Gasteiger partial charge in [-0.3, -0.25) is 4.79 Å². The van der Waals surface area contributed by atoms with Crippen LogP contribution in [0.15, 0.2) is 6.07 Å². The van der Waals surface area contributed by atoms with Gasteiger partial charge in [-0.05, 0) is 20.8 Å². The van der Waals surface area contributed by atoms with Gasteiger partial charge < -0.3 is 24.4 Å². The van der Waals surface area contributed by atoms with Gasteiger partial charge in [0, 0.05) is 6.07 Å². The van der Waals surface area contributed by atoms with Crippen LogP contribution in [-0.4, -0.2) is 41.9 Å². The van der Waals surface area contributed by atoms with Crippen molar-refractivity contribution in [2.24, 2.45) is 0 Å². The van der Waals surface area contributed by atoms with Crippen LogP contribution >= 0.6 is 0 Å². The molecular formula is C15H20O6. The van der Waals surface area contributed by atoms with E-state index in [1.807, 2.05) is 0 Å². The van der Waals surface area contributed by atoms with Crippen LogP contribution in [0.1, 0.15) is 42.8 Å². The van der Waals surface area contributed by atoms with Crippen molar-refractivity contribution in [1.82, 2.24) is 0 Å². The van der Waals surface area contributed by atoms with Gasteiger partial charge in [0.15, 0.2) is 5.78 Å². The molecule has 6 nitrogen and oxygen atoms in total. The van der Waals surface area contributed by atoms with Gasteiger partial charge in [0.1, 0.15) is 40.6 Å². The first-order valence-corrected chi connectivity index (χ1v) is 6.59. The zero-order chi connectivity index (χ0) is 15.9. The number of ketones is 1. The third kappa shape index (κ3) is 2.34. The molecule has 6 heteroatoms. The molecule has 0 unspecified atom stereocenters. The first-order valence-electron chi connectivity index (χ1n) is 6.59. The van der Waals surface area contributed by atoms with E-state index in [2.05, 4.69) is 0 Å². The van der Waals surface area contributed by atoms with Crippen LogP contribution < -0.4 is 14.2 Å². The molecule has 2 atom stereocenters. The maximum atomic E-state index is 11.9. The van der Waals surface area contributed by atoms with Gasteiger partial charge in [0.05, 0.1) is 19.8 Å². The number of rotatable bonds is 3. The minimum absolute atomic E-state index is 0.166. The molecule has 21 heavy (non-hydrogen) atoms. The molecule has 0 aliphatic carbocycles. The minimum Gasteiger partial charge on any atom is -0.496 e. The molecule has 2 N–H and O–H groups in total. The van der Waals surface area contributed by atoms with E-state index < -0.39 is 17.8 Å². The van der Waals surface area contributed by atoms with Gasteiger partial charge >= 0.3 is 0 Å². The number of hydrogen-bond donors (Lipinski definition) is 2. The molecule has 0 saturated heterocycles. The Labute approximate surface area is 123 Å². The lowest BCUT2D eigenvalue weighted by molar-refractivity contribution is -0.112. The molecule has 116 valence electrons. The van der Waals surface area contributed by atoms with Gasteiger partial charge in [-0.1, -0.05) is 0 Å². The molecule has 0 saturated carbocycles. The number of ether oxygens (including phenoxy) is 3. The fraction of sp³-hybridized carbons (Fsp3) is 0.533. The van der Waals surface area contributed by atoms with Gasteiger partial charge in [-0.15, -0.1) is 0 Å². The number of aliphatic hydroxyl groups is 2. The Kier molecular flexibility index (Phi) is 3.86. The Morgan fingerprint density at radius 2 is 1.90 bits per heavy atom. The third-order valence-corrected chi connectivity index (χ3v) is 3.70. The number of hydrogen-bond acceptors (Lipinski definition) is 6. The SMILES string of the molecule is COc1cc2c(c(OC)c1C(C)=O)[C@H](O)[C@@H](O)C(C)(C)O2. The summed E-state index contributed by atoms with van der Waals surface area (Å²) in [5.74, 6) is 0.533. The highest BCUT2D eigenvalue weighted by Gasteiger charge is 2.45. The van der Waals surface area contributed by atoms with E-state index in [1.54, 1.807) is 13.8 Å². The van der Waals surface area contributed by atoms with Crippen molar-refractivity contribution in [3.8, 4) is 17.2 Å². The van der Waals surface area contributed by atoms with Gasteiger partial charge in [0.2, 0.25) is 0 Å². The summed E-state index contributed by atoms with van der Waals surface area (Å²) < 4.78 is 16.2. The summed E-state index contributed by atoms with van der Waals surface area (Å²) in [6.07, 6.45) is -2.37. The van der Waals surface area contributed by atoms with Crippen LogP contribution in [0.5, 0.6) is 17.2 Å². The lowest BCUT2D eigenvalue weighted by Crippen LogP contribution is -2.48. The molecule has 0 bridgehead atoms. The number of methoxy groups -OCH3 is 2. The Hall–Kier alpha value is -1.79. The van der Waals surface area contributed by atoms with E-state index in [9.17, 15) is 15.0 Å². The average molecular weight is 296 g/mol. The highest BCUT2D eigenvalue weighted by Crippen LogP contribution is 2.49. The molecule has 1 aromatic carbocycles. The number of benzene rings is 1. The van der Waals surface area contributed by atoms with E-state index in [-0.39, 0.29) is 22.7 Å². The first-order chi connectivity index (χ1) is 9.74. The van der Waals surface area contributed by atoms with Crippen molar-refractivity contribution in [1.29, 1.82) is 0 Å². The monoisotopic (exact) mass is 296 g/mol. The van der Waals surface area contributed by atoms with Crippen LogP contribution in [0.3, 0.4) is 0 Å². The van der Waals surface area contributed by atoms with Crippen molar-refractivity contribution >= 4 is 5.78 Å². The molecule has 1 heterocycles. The van der Waals surface area contributed by atoms with Crippen molar-refractivity contribution in [2.75, 3.05) is 14.2 Å². The van der Waals surface area contributed by atoms with Crippen LogP contribution in [0.2, 0.25) is 0 Å². The Bertz CT molecular complexity index is 578. The topological polar surface area (TPSA) is 85.2 Å². The molecule has 0 radical (unpaired) electrons. The Balaban J connectivity index is 2.77. The summed E-state index contributed by atoms with van der Waals surface area (Å²) in [5, 5.41) is 20.6. The zero-order valence-corrected chi connectivity index (χ0v) is 12.8. The third-order valence-electron chi connectivity index (χ3n) is 3.70. The van der Waals surface area contributed by atoms with Crippen LogP contribution in [-0.2, 0) is 0 Å². The van der Waals surface area contributed by atoms with Crippen LogP contribution in [0, 0.1) is 0 Å². The lowest BCUT2D eigenvalue weighted by Gasteiger charge is -2.40. The second-order valence-electron chi connectivity index (χ2n) is 5.55. The van der Waals surface area contributed by atoms with E-state index in [0.29, 0.717) is 11.5 Å². The minimum atomic E-state index is -1.22. The van der Waals surface area contributed by atoms with E-state index in [1.165, 1.54) is 27.2 Å². The number of aliphatic hydroxyl groups excluding tert-OH is 2. The average Bonchev–Trinajstić information content (AvgIpc) is 2.42. The number of carbonyl (C=O) groups excluding carboxylic acids is 1. The molecule has 1 aromatic rings. The molecule has 2 rings (SSSR count). The highest BCUT2D eigenvalue weighted by molar-refractivity contribution is 6.00. The summed E-state index contributed by atoms with van der Waals surface area (Å²) in [6, 6.07) is 1.53. The Morgan fingerprint density at radius 3 is 2.38 bits per heavy atom. The second-order valence-corrected chi connectivity index (χ2v) is 5.55. The molecule has 1 aliphatic rings. The summed E-state index contributed by atoms with van der Waals surface area (Å²) in [5.41, 5.74) is -0.496. The fourth-order valence-corrected chi connectivity index (χ4v) is 2.58. The lowest BCUT2D eigenvalue weighted by atomic mass is 9.86. The van der Waals surface area contributed by atoms with Crippen molar-refractivity contribution in [3.63, 3.8) is 0 Å². The molecule has 0 spiro atoms. The Morgan fingerprint density at radius 1 is 1.29 bits per heavy atom. The normalized spacial score (nSPS) is 23.0. The van der Waals surface area contributed by atoms with Crippen molar-refractivity contribution in [2.45, 2.75) is 38.6 Å². The van der Waals surface area contributed by atoms with Gasteiger partial charge in [-0.2, -0.15) is 0 Å². The molecule has 1 aliphatic heterocycles. The molecule has 0 aromatic heterocycles. The van der Waals surface area contributed by atoms with Crippen molar-refractivity contribution in [3.05, 3.63) is 17.2 Å². The maximum Gasteiger partial charge on any atom is 0.167 e. The van der Waals surface area contributed by atoms with Crippen molar-refractivity contribution < 1.29 is 29.2 Å². The number of Topliss-reactive ketones (excluding diaryl/α,β-unsaturated/α-hetero) is 1. The van der Waals surface area contributed by atoms with Crippen LogP contribution in [0.4, 0.5) is 0 Å². The second kappa shape index (κ2) is 5.20. The first kappa shape index (κ1) is 15.6. The van der Waals surface area contributed by atoms with Gasteiger partial charge in [0.25, 0.3) is 0 Å². The van der Waals surface area contributed by atoms with E-state index in [0.717, 1.165) is 0 Å². The molecule has 0 fully saturated rings. The predicted octanol–water partition coefficient (Wildman–Crippen LogP) is 1.47. The standard InChI is InChI=1S/C15H20O6/c1-7(16)10-8(19-4)6-9-11(13(10)20-5)12(17)14(18)15(2,3)21-9/h6,12,14,17-18H,1-5H3/t12-,14+/m0/s1. The highest BCUT2D eigenvalue weighted by atomic mass is 16.5. The smallest absolute Gasteiger partial charge is 0.167 e. The number of fused-ring (bicyclic) bond motifs is 1. The zero-order valence-electron chi connectivity index (χ0n) is 12.8. The molecule has 0 amide bonds. The number of carbonyl (C=O) groups is 1. The summed E-state index contributed by atoms with van der Waals surface area (Å²) in [6.45, 7) is 4.71. The largest absolute Gasteiger partial charge is 0.496 e. The van der Waals surface area contributed by atoms with Crippen LogP contribution in [0.25, 0.3) is 0 Å². The predicted molar refractivity (Wildman–Crippen MR) is 75.2 cm³/mol. The van der Waals surface area contributed by atoms with E-state index in [4.69, 9.17) is 14.2 Å².